The maximum absolute atomic E-state index is 9.44. The fourth-order valence-corrected chi connectivity index (χ4v) is 3.52. The molecule has 21 heavy (non-hydrogen) atoms. The van der Waals surface area contributed by atoms with Crippen molar-refractivity contribution in [2.75, 3.05) is 0 Å². The molecule has 1 aliphatic carbocycles. The van der Waals surface area contributed by atoms with Gasteiger partial charge in [-0.05, 0) is 49.9 Å². The summed E-state index contributed by atoms with van der Waals surface area (Å²) in [5.41, 5.74) is 4.68. The molecule has 1 aliphatic rings. The number of aryl methyl sites for hydroxylation is 2. The highest BCUT2D eigenvalue weighted by molar-refractivity contribution is 6.31. The van der Waals surface area contributed by atoms with Gasteiger partial charge in [0.1, 0.15) is 11.6 Å². The van der Waals surface area contributed by atoms with E-state index in [0.29, 0.717) is 16.6 Å². The van der Waals surface area contributed by atoms with Crippen LogP contribution in [0, 0.1) is 25.2 Å². The molecular formula is C17H18ClN3. The van der Waals surface area contributed by atoms with E-state index in [4.69, 9.17) is 11.6 Å². The number of benzene rings is 1. The van der Waals surface area contributed by atoms with Crippen molar-refractivity contribution in [1.29, 1.82) is 5.26 Å². The van der Waals surface area contributed by atoms with Crippen LogP contribution in [0.25, 0.3) is 5.69 Å². The van der Waals surface area contributed by atoms with Gasteiger partial charge in [-0.1, -0.05) is 30.5 Å². The molecule has 0 N–H and O–H groups in total. The normalized spacial score (nSPS) is 15.3. The lowest BCUT2D eigenvalue weighted by molar-refractivity contribution is 0.677. The molecule has 1 aromatic heterocycles. The van der Waals surface area contributed by atoms with Gasteiger partial charge >= 0.3 is 0 Å². The van der Waals surface area contributed by atoms with Gasteiger partial charge in [-0.15, -0.1) is 0 Å². The fraction of sp³-hybridized carbons (Fsp3) is 0.412. The SMILES string of the molecule is Cc1cc(C)cc(-n2nc(C3CCCC3)c(C#N)c2Cl)c1. The summed E-state index contributed by atoms with van der Waals surface area (Å²) in [4.78, 5) is 0. The Morgan fingerprint density at radius 1 is 1.19 bits per heavy atom. The number of hydrogen-bond donors (Lipinski definition) is 0. The van der Waals surface area contributed by atoms with Gasteiger partial charge in [-0.25, -0.2) is 4.68 Å². The topological polar surface area (TPSA) is 41.6 Å². The van der Waals surface area contributed by atoms with E-state index < -0.39 is 0 Å². The summed E-state index contributed by atoms with van der Waals surface area (Å²) < 4.78 is 1.72. The molecule has 1 aromatic carbocycles. The van der Waals surface area contributed by atoms with Crippen LogP contribution < -0.4 is 0 Å². The highest BCUT2D eigenvalue weighted by Crippen LogP contribution is 2.37. The minimum Gasteiger partial charge on any atom is -0.221 e. The molecule has 3 nitrogen and oxygen atoms in total. The zero-order valence-electron chi connectivity index (χ0n) is 12.4. The van der Waals surface area contributed by atoms with Crippen molar-refractivity contribution >= 4 is 11.6 Å². The number of halogens is 1. The average Bonchev–Trinajstić information content (AvgIpc) is 3.04. The fourth-order valence-electron chi connectivity index (χ4n) is 3.25. The van der Waals surface area contributed by atoms with Gasteiger partial charge in [0.05, 0.1) is 11.4 Å². The van der Waals surface area contributed by atoms with Crippen molar-refractivity contribution < 1.29 is 0 Å². The largest absolute Gasteiger partial charge is 0.221 e. The molecule has 0 radical (unpaired) electrons. The summed E-state index contributed by atoms with van der Waals surface area (Å²) in [6, 6.07) is 8.45. The predicted molar refractivity (Wildman–Crippen MR) is 84.0 cm³/mol. The Kier molecular flexibility index (Phi) is 3.73. The Morgan fingerprint density at radius 3 is 2.38 bits per heavy atom. The summed E-state index contributed by atoms with van der Waals surface area (Å²) in [6.07, 6.45) is 4.64. The van der Waals surface area contributed by atoms with Crippen LogP contribution in [0.4, 0.5) is 0 Å². The Balaban J connectivity index is 2.13. The minimum absolute atomic E-state index is 0.379. The molecule has 3 rings (SSSR count). The molecule has 0 atom stereocenters. The molecule has 0 amide bonds. The lowest BCUT2D eigenvalue weighted by atomic mass is 10.0. The van der Waals surface area contributed by atoms with Crippen LogP contribution in [0.1, 0.15) is 54.0 Å². The summed E-state index contributed by atoms with van der Waals surface area (Å²) in [5.74, 6) is 0.379. The number of rotatable bonds is 2. The monoisotopic (exact) mass is 299 g/mol. The van der Waals surface area contributed by atoms with E-state index in [2.05, 4.69) is 31.1 Å². The number of nitriles is 1. The third kappa shape index (κ3) is 2.56. The Bertz CT molecular complexity index is 698. The first kappa shape index (κ1) is 14.2. The first-order valence-corrected chi connectivity index (χ1v) is 7.75. The van der Waals surface area contributed by atoms with Gasteiger partial charge in [0.25, 0.3) is 0 Å². The smallest absolute Gasteiger partial charge is 0.150 e. The minimum atomic E-state index is 0.379. The van der Waals surface area contributed by atoms with Gasteiger partial charge < -0.3 is 0 Å². The predicted octanol–water partition coefficient (Wildman–Crippen LogP) is 4.67. The van der Waals surface area contributed by atoms with Gasteiger partial charge in [-0.2, -0.15) is 10.4 Å². The van der Waals surface area contributed by atoms with Crippen molar-refractivity contribution in [1.82, 2.24) is 9.78 Å². The average molecular weight is 300 g/mol. The standard InChI is InChI=1S/C17H18ClN3/c1-11-7-12(2)9-14(8-11)21-17(18)15(10-19)16(20-21)13-5-3-4-6-13/h7-9,13H,3-6H2,1-2H3. The van der Waals surface area contributed by atoms with E-state index >= 15 is 0 Å². The van der Waals surface area contributed by atoms with Crippen LogP contribution in [0.15, 0.2) is 18.2 Å². The number of nitrogens with zero attached hydrogens (tertiary/aromatic N) is 3. The maximum atomic E-state index is 9.44. The number of hydrogen-bond acceptors (Lipinski definition) is 2. The molecule has 0 saturated heterocycles. The van der Waals surface area contributed by atoms with Crippen molar-refractivity contribution in [3.8, 4) is 11.8 Å². The van der Waals surface area contributed by atoms with Gasteiger partial charge in [0, 0.05) is 5.92 Å². The van der Waals surface area contributed by atoms with Crippen LogP contribution in [0.5, 0.6) is 0 Å². The summed E-state index contributed by atoms with van der Waals surface area (Å²) in [7, 11) is 0. The first-order valence-electron chi connectivity index (χ1n) is 7.37. The third-order valence-electron chi connectivity index (χ3n) is 4.16. The van der Waals surface area contributed by atoms with Crippen molar-refractivity contribution in [2.24, 2.45) is 0 Å². The van der Waals surface area contributed by atoms with Gasteiger partial charge in [0.2, 0.25) is 0 Å². The zero-order valence-corrected chi connectivity index (χ0v) is 13.1. The summed E-state index contributed by atoms with van der Waals surface area (Å²) in [6.45, 7) is 4.11. The molecule has 4 heteroatoms. The van der Waals surface area contributed by atoms with Crippen LogP contribution >= 0.6 is 11.6 Å². The maximum Gasteiger partial charge on any atom is 0.150 e. The second kappa shape index (κ2) is 5.54. The highest BCUT2D eigenvalue weighted by atomic mass is 35.5. The zero-order chi connectivity index (χ0) is 15.0. The van der Waals surface area contributed by atoms with E-state index in [1.807, 2.05) is 12.1 Å². The first-order chi connectivity index (χ1) is 10.1. The molecule has 0 spiro atoms. The molecule has 1 saturated carbocycles. The van der Waals surface area contributed by atoms with Crippen LogP contribution in [-0.4, -0.2) is 9.78 Å². The van der Waals surface area contributed by atoms with Gasteiger partial charge in [-0.3, -0.25) is 0 Å². The second-order valence-electron chi connectivity index (χ2n) is 5.90. The Morgan fingerprint density at radius 2 is 1.81 bits per heavy atom. The van der Waals surface area contributed by atoms with E-state index in [-0.39, 0.29) is 0 Å². The van der Waals surface area contributed by atoms with Gasteiger partial charge in [0.15, 0.2) is 5.15 Å². The lowest BCUT2D eigenvalue weighted by Gasteiger charge is -2.07. The molecule has 1 fully saturated rings. The van der Waals surface area contributed by atoms with Crippen LogP contribution in [0.3, 0.4) is 0 Å². The Hall–Kier alpha value is -1.79. The molecule has 2 aromatic rings. The summed E-state index contributed by atoms with van der Waals surface area (Å²) in [5, 5.41) is 14.6. The molecule has 108 valence electrons. The quantitative estimate of drug-likeness (QED) is 0.808. The van der Waals surface area contributed by atoms with E-state index in [1.54, 1.807) is 4.68 Å². The molecule has 0 bridgehead atoms. The van der Waals surface area contributed by atoms with Crippen molar-refractivity contribution in [2.45, 2.75) is 45.4 Å². The molecular weight excluding hydrogens is 282 g/mol. The molecule has 1 heterocycles. The molecule has 0 aliphatic heterocycles. The third-order valence-corrected chi connectivity index (χ3v) is 4.51. The van der Waals surface area contributed by atoms with E-state index in [9.17, 15) is 5.26 Å². The molecule has 0 unspecified atom stereocenters. The highest BCUT2D eigenvalue weighted by Gasteiger charge is 2.26. The van der Waals surface area contributed by atoms with E-state index in [1.165, 1.54) is 12.8 Å². The summed E-state index contributed by atoms with van der Waals surface area (Å²) >= 11 is 6.43. The Labute approximate surface area is 130 Å². The second-order valence-corrected chi connectivity index (χ2v) is 6.26. The van der Waals surface area contributed by atoms with Crippen LogP contribution in [-0.2, 0) is 0 Å². The number of aromatic nitrogens is 2. The van der Waals surface area contributed by atoms with Crippen LogP contribution in [0.2, 0.25) is 5.15 Å². The van der Waals surface area contributed by atoms with Crippen molar-refractivity contribution in [3.63, 3.8) is 0 Å². The van der Waals surface area contributed by atoms with Crippen molar-refractivity contribution in [3.05, 3.63) is 45.7 Å². The lowest BCUT2D eigenvalue weighted by Crippen LogP contribution is -2.00. The van der Waals surface area contributed by atoms with E-state index in [0.717, 1.165) is 35.3 Å².